The van der Waals surface area contributed by atoms with E-state index in [9.17, 15) is 19.2 Å². The van der Waals surface area contributed by atoms with E-state index in [-0.39, 0.29) is 11.8 Å². The predicted molar refractivity (Wildman–Crippen MR) is 194 cm³/mol. The second-order valence-electron chi connectivity index (χ2n) is 11.6. The highest BCUT2D eigenvalue weighted by Crippen LogP contribution is 2.26. The van der Waals surface area contributed by atoms with E-state index in [1.165, 1.54) is 25.6 Å². The van der Waals surface area contributed by atoms with Crippen LogP contribution in [0.25, 0.3) is 21.1 Å². The average Bonchev–Trinajstić information content (AvgIpc) is 3.53. The summed E-state index contributed by atoms with van der Waals surface area (Å²) >= 11 is 1.49. The Bertz CT molecular complexity index is 1650. The Morgan fingerprint density at radius 3 is 1.84 bits per heavy atom. The first-order valence-corrected chi connectivity index (χ1v) is 17.4. The zero-order chi connectivity index (χ0) is 35.8. The molecule has 4 aromatic rings. The maximum Gasteiger partial charge on any atom is 0.328 e. The van der Waals surface area contributed by atoms with Crippen molar-refractivity contribution in [2.45, 2.75) is 90.4 Å². The number of carbonyl (C=O) groups excluding carboxylic acids is 4. The van der Waals surface area contributed by atoms with Crippen LogP contribution in [0, 0.1) is 0 Å². The lowest BCUT2D eigenvalue weighted by Crippen LogP contribution is -2.47. The van der Waals surface area contributed by atoms with Gasteiger partial charge in [-0.1, -0.05) is 81.2 Å². The number of benzene rings is 2. The molecule has 13 heteroatoms. The lowest BCUT2D eigenvalue weighted by Gasteiger charge is -2.20. The summed E-state index contributed by atoms with van der Waals surface area (Å²) in [5, 5.41) is 13.4. The van der Waals surface area contributed by atoms with Crippen LogP contribution in [-0.4, -0.2) is 72.1 Å². The van der Waals surface area contributed by atoms with E-state index >= 15 is 0 Å². The number of pyridine rings is 1. The molecule has 2 unspecified atom stereocenters. The third-order valence-corrected chi connectivity index (χ3v) is 8.66. The van der Waals surface area contributed by atoms with Crippen LogP contribution in [-0.2, 0) is 28.7 Å². The molecule has 2 heterocycles. The van der Waals surface area contributed by atoms with Crippen molar-refractivity contribution in [3.8, 4) is 0 Å². The zero-order valence-electron chi connectivity index (χ0n) is 29.1. The van der Waals surface area contributed by atoms with Crippen molar-refractivity contribution in [2.75, 3.05) is 24.9 Å². The van der Waals surface area contributed by atoms with Crippen molar-refractivity contribution in [2.24, 2.45) is 0 Å². The summed E-state index contributed by atoms with van der Waals surface area (Å²) < 4.78 is 10.6. The summed E-state index contributed by atoms with van der Waals surface area (Å²) in [6, 6.07) is 15.3. The Balaban J connectivity index is 0.000000266. The monoisotopic (exact) mass is 692 g/mol. The number of ether oxygens (including phenoxy) is 2. The number of para-hydroxylation sites is 2. The van der Waals surface area contributed by atoms with Gasteiger partial charge in [0.05, 0.1) is 41.8 Å². The van der Waals surface area contributed by atoms with Crippen LogP contribution in [0.2, 0.25) is 0 Å². The van der Waals surface area contributed by atoms with Gasteiger partial charge in [-0.25, -0.2) is 14.6 Å². The molecule has 2 amide bonds. The Hall–Kier alpha value is -4.78. The van der Waals surface area contributed by atoms with Gasteiger partial charge in [0, 0.05) is 5.39 Å². The van der Waals surface area contributed by atoms with Crippen molar-refractivity contribution >= 4 is 67.0 Å². The Labute approximate surface area is 291 Å². The highest BCUT2D eigenvalue weighted by Gasteiger charge is 2.25. The number of anilines is 2. The van der Waals surface area contributed by atoms with Gasteiger partial charge < -0.3 is 30.7 Å². The van der Waals surface area contributed by atoms with Crippen molar-refractivity contribution in [3.63, 3.8) is 0 Å². The lowest BCUT2D eigenvalue weighted by molar-refractivity contribution is -0.145. The van der Waals surface area contributed by atoms with Gasteiger partial charge in [-0.2, -0.15) is 0 Å². The van der Waals surface area contributed by atoms with E-state index in [2.05, 4.69) is 31.2 Å². The number of carbonyl (C=O) groups is 4. The number of aromatic nitrogens is 2. The Kier molecular flexibility index (Phi) is 15.7. The van der Waals surface area contributed by atoms with Gasteiger partial charge in [-0.05, 0) is 51.0 Å². The molecule has 0 fully saturated rings. The molecule has 0 radical (unpaired) electrons. The highest BCUT2D eigenvalue weighted by molar-refractivity contribution is 7.22. The van der Waals surface area contributed by atoms with Gasteiger partial charge >= 0.3 is 11.9 Å². The molecule has 2 aromatic carbocycles. The topological polar surface area (TPSA) is 161 Å². The molecule has 0 spiro atoms. The quantitative estimate of drug-likeness (QED) is 0.105. The van der Waals surface area contributed by atoms with Gasteiger partial charge in [0.25, 0.3) is 0 Å². The summed E-state index contributed by atoms with van der Waals surface area (Å²) in [6.45, 7) is 7.56. The number of hydrogen-bond donors (Lipinski definition) is 4. The molecule has 0 bridgehead atoms. The number of fused-ring (bicyclic) bond motifs is 2. The number of rotatable bonds is 16. The number of nitrogens with one attached hydrogen (secondary N) is 4. The predicted octanol–water partition coefficient (Wildman–Crippen LogP) is 5.83. The SMILES string of the molecule is CCCCC(NC(=O)[C@H](C)Nc1cnc2ccccc2c1)C(=O)OC.CCCCC(NC(=O)[C@H](C)Nc1nc2ccccc2s1)C(=O)OC. The Morgan fingerprint density at radius 1 is 0.755 bits per heavy atom. The number of amides is 2. The van der Waals surface area contributed by atoms with Crippen LogP contribution in [0.3, 0.4) is 0 Å². The summed E-state index contributed by atoms with van der Waals surface area (Å²) in [5.41, 5.74) is 2.55. The maximum atomic E-state index is 12.4. The smallest absolute Gasteiger partial charge is 0.328 e. The van der Waals surface area contributed by atoms with Gasteiger partial charge in [0.2, 0.25) is 11.8 Å². The molecule has 4 N–H and O–H groups in total. The number of unbranched alkanes of at least 4 members (excludes halogenated alkanes) is 2. The highest BCUT2D eigenvalue weighted by atomic mass is 32.1. The zero-order valence-corrected chi connectivity index (χ0v) is 29.9. The minimum atomic E-state index is -0.614. The van der Waals surface area contributed by atoms with Crippen LogP contribution >= 0.6 is 11.3 Å². The van der Waals surface area contributed by atoms with Crippen molar-refractivity contribution in [1.29, 1.82) is 0 Å². The van der Waals surface area contributed by atoms with Crippen LogP contribution < -0.4 is 21.3 Å². The first-order valence-electron chi connectivity index (χ1n) is 16.6. The molecule has 12 nitrogen and oxygen atoms in total. The third kappa shape index (κ3) is 12.0. The van der Waals surface area contributed by atoms with Gasteiger partial charge in [0.15, 0.2) is 5.13 Å². The van der Waals surface area contributed by atoms with Gasteiger partial charge in [0.1, 0.15) is 24.2 Å². The fraction of sp³-hybridized carbons (Fsp3) is 0.444. The number of hydrogen-bond acceptors (Lipinski definition) is 11. The summed E-state index contributed by atoms with van der Waals surface area (Å²) in [4.78, 5) is 57.2. The van der Waals surface area contributed by atoms with Gasteiger partial charge in [-0.3, -0.25) is 14.6 Å². The Morgan fingerprint density at radius 2 is 1.29 bits per heavy atom. The standard InChI is InChI=1S/C19H25N3O3.C17H23N3O3S/c1-4-5-9-17(19(24)25-3)22-18(23)13(2)21-15-11-14-8-6-7-10-16(14)20-12-15;1-4-5-8-13(16(22)23-3)19-15(21)11(2)18-17-20-12-9-6-7-10-14(12)24-17/h6-8,10-13,17,21H,4-5,9H2,1-3H3,(H,22,23);6-7,9-11,13H,4-5,8H2,1-3H3,(H,18,20)(H,19,21)/t13-,17?;11-,13?/m00/s1. The van der Waals surface area contributed by atoms with Crippen LogP contribution in [0.1, 0.15) is 66.2 Å². The largest absolute Gasteiger partial charge is 0.467 e. The maximum absolute atomic E-state index is 12.4. The number of methoxy groups -OCH3 is 2. The molecule has 49 heavy (non-hydrogen) atoms. The molecular weight excluding hydrogens is 644 g/mol. The lowest BCUT2D eigenvalue weighted by atomic mass is 10.1. The van der Waals surface area contributed by atoms with Crippen molar-refractivity contribution in [3.05, 3.63) is 60.8 Å². The van der Waals surface area contributed by atoms with E-state index in [1.807, 2.05) is 68.4 Å². The summed E-state index contributed by atoms with van der Waals surface area (Å²) in [7, 11) is 2.66. The molecule has 0 aliphatic heterocycles. The van der Waals surface area contributed by atoms with Crippen molar-refractivity contribution < 1.29 is 28.7 Å². The molecule has 4 atom stereocenters. The summed E-state index contributed by atoms with van der Waals surface area (Å²) in [5.74, 6) is -1.33. The van der Waals surface area contributed by atoms with E-state index < -0.39 is 36.1 Å². The van der Waals surface area contributed by atoms with E-state index in [4.69, 9.17) is 9.47 Å². The first-order chi connectivity index (χ1) is 23.6. The molecule has 0 saturated heterocycles. The van der Waals surface area contributed by atoms with Crippen molar-refractivity contribution in [1.82, 2.24) is 20.6 Å². The molecule has 0 aliphatic carbocycles. The molecule has 0 saturated carbocycles. The first kappa shape index (κ1) is 38.7. The second kappa shape index (κ2) is 19.9. The summed E-state index contributed by atoms with van der Waals surface area (Å²) in [6.07, 6.45) is 6.42. The average molecular weight is 693 g/mol. The molecule has 0 aliphatic rings. The van der Waals surface area contributed by atoms with Crippen LogP contribution in [0.5, 0.6) is 0 Å². The molecule has 264 valence electrons. The number of thiazole rings is 1. The molecule has 4 rings (SSSR count). The molecular formula is C36H48N6O6S. The van der Waals surface area contributed by atoms with E-state index in [1.54, 1.807) is 20.0 Å². The van der Waals surface area contributed by atoms with Crippen LogP contribution in [0.15, 0.2) is 60.8 Å². The number of esters is 2. The fourth-order valence-electron chi connectivity index (χ4n) is 4.84. The second-order valence-corrected chi connectivity index (χ2v) is 12.6. The van der Waals surface area contributed by atoms with E-state index in [0.717, 1.165) is 52.5 Å². The number of nitrogens with zero attached hydrogens (tertiary/aromatic N) is 2. The molecule has 2 aromatic heterocycles. The fourth-order valence-corrected chi connectivity index (χ4v) is 5.80. The van der Waals surface area contributed by atoms with Crippen LogP contribution in [0.4, 0.5) is 10.8 Å². The minimum absolute atomic E-state index is 0.249. The van der Waals surface area contributed by atoms with E-state index in [0.29, 0.717) is 18.0 Å². The normalized spacial score (nSPS) is 13.2. The third-order valence-electron chi connectivity index (χ3n) is 7.69. The minimum Gasteiger partial charge on any atom is -0.467 e. The van der Waals surface area contributed by atoms with Gasteiger partial charge in [-0.15, -0.1) is 0 Å².